The molecule has 2 aliphatic rings. The van der Waals surface area contributed by atoms with Gasteiger partial charge in [0.1, 0.15) is 0 Å². The number of esters is 1. The van der Waals surface area contributed by atoms with Gasteiger partial charge in [0.05, 0.1) is 30.9 Å². The number of hydrogen-bond donors (Lipinski definition) is 1. The van der Waals surface area contributed by atoms with Crippen LogP contribution in [0.2, 0.25) is 0 Å². The van der Waals surface area contributed by atoms with Crippen molar-refractivity contribution in [3.8, 4) is 5.88 Å². The Morgan fingerprint density at radius 2 is 2.14 bits per heavy atom. The number of allylic oxidation sites excluding steroid dienone is 2. The van der Waals surface area contributed by atoms with E-state index in [0.717, 1.165) is 24.0 Å². The minimum atomic E-state index is -0.553. The molecule has 0 bridgehead atoms. The maximum Gasteiger partial charge on any atom is 0.340 e. The lowest BCUT2D eigenvalue weighted by Crippen LogP contribution is -2.16. The van der Waals surface area contributed by atoms with Crippen molar-refractivity contribution in [2.24, 2.45) is 0 Å². The van der Waals surface area contributed by atoms with Crippen LogP contribution in [0.5, 0.6) is 5.88 Å². The monoisotopic (exact) mass is 393 g/mol. The van der Waals surface area contributed by atoms with Crippen LogP contribution in [0.1, 0.15) is 45.6 Å². The zero-order valence-electron chi connectivity index (χ0n) is 16.5. The van der Waals surface area contributed by atoms with Gasteiger partial charge in [0.15, 0.2) is 11.7 Å². The Morgan fingerprint density at radius 3 is 2.86 bits per heavy atom. The van der Waals surface area contributed by atoms with Gasteiger partial charge in [0.2, 0.25) is 0 Å². The molecule has 1 aliphatic heterocycles. The number of benzene rings is 1. The van der Waals surface area contributed by atoms with Gasteiger partial charge < -0.3 is 19.1 Å². The number of hydrogen-bond acceptors (Lipinski definition) is 5. The number of aromatic nitrogens is 1. The number of carbonyl (C=O) groups is 2. The highest BCUT2D eigenvalue weighted by atomic mass is 16.5. The molecule has 1 N–H and O–H groups in total. The normalized spacial score (nSPS) is 19.6. The third-order valence-electron chi connectivity index (χ3n) is 5.55. The van der Waals surface area contributed by atoms with Crippen molar-refractivity contribution in [1.82, 2.24) is 4.57 Å². The molecule has 6 heteroatoms. The molecule has 0 radical (unpaired) electrons. The van der Waals surface area contributed by atoms with Gasteiger partial charge in [-0.1, -0.05) is 30.3 Å². The number of aromatic hydroxyl groups is 1. The topological polar surface area (TPSA) is 77.8 Å². The molecule has 1 atom stereocenters. The second-order valence-electron chi connectivity index (χ2n) is 7.28. The number of ether oxygens (including phenoxy) is 2. The Kier molecular flexibility index (Phi) is 5.11. The average molecular weight is 393 g/mol. The van der Waals surface area contributed by atoms with E-state index in [0.29, 0.717) is 30.0 Å². The molecule has 0 amide bonds. The molecule has 29 heavy (non-hydrogen) atoms. The first-order chi connectivity index (χ1) is 14.0. The summed E-state index contributed by atoms with van der Waals surface area (Å²) in [7, 11) is 1.30. The van der Waals surface area contributed by atoms with Crippen LogP contribution in [0.4, 0.5) is 0 Å². The molecule has 150 valence electrons. The SMILES string of the molecule is COC(=O)c1c(C=C2C(=O)C=Cc3ccccc32)c(O)n(C[C@H]2CCCO2)c1C. The molecule has 0 unspecified atom stereocenters. The van der Waals surface area contributed by atoms with Gasteiger partial charge in [-0.15, -0.1) is 0 Å². The lowest BCUT2D eigenvalue weighted by Gasteiger charge is -2.14. The van der Waals surface area contributed by atoms with Crippen LogP contribution in [0.25, 0.3) is 17.7 Å². The first-order valence-electron chi connectivity index (χ1n) is 9.66. The summed E-state index contributed by atoms with van der Waals surface area (Å²) in [6.45, 7) is 2.90. The maximum atomic E-state index is 12.6. The fourth-order valence-corrected chi connectivity index (χ4v) is 4.03. The third-order valence-corrected chi connectivity index (χ3v) is 5.55. The highest BCUT2D eigenvalue weighted by Gasteiger charge is 2.28. The van der Waals surface area contributed by atoms with E-state index in [1.165, 1.54) is 13.2 Å². The van der Waals surface area contributed by atoms with Crippen molar-refractivity contribution in [2.75, 3.05) is 13.7 Å². The van der Waals surface area contributed by atoms with Crippen molar-refractivity contribution in [3.63, 3.8) is 0 Å². The number of methoxy groups -OCH3 is 1. The summed E-state index contributed by atoms with van der Waals surface area (Å²) in [6.07, 6.45) is 6.72. The molecular weight excluding hydrogens is 370 g/mol. The largest absolute Gasteiger partial charge is 0.494 e. The molecule has 1 aromatic heterocycles. The number of nitrogens with zero attached hydrogens (tertiary/aromatic N) is 1. The highest BCUT2D eigenvalue weighted by Crippen LogP contribution is 2.36. The summed E-state index contributed by atoms with van der Waals surface area (Å²) in [4.78, 5) is 25.1. The van der Waals surface area contributed by atoms with Crippen molar-refractivity contribution in [1.29, 1.82) is 0 Å². The van der Waals surface area contributed by atoms with Gasteiger partial charge in [0, 0.05) is 17.9 Å². The van der Waals surface area contributed by atoms with E-state index in [1.807, 2.05) is 24.3 Å². The summed E-state index contributed by atoms with van der Waals surface area (Å²) in [6, 6.07) is 7.53. The Morgan fingerprint density at radius 1 is 1.34 bits per heavy atom. The van der Waals surface area contributed by atoms with Crippen molar-refractivity contribution in [2.45, 2.75) is 32.4 Å². The molecule has 1 saturated heterocycles. The van der Waals surface area contributed by atoms with E-state index in [-0.39, 0.29) is 23.3 Å². The Hall–Kier alpha value is -3.12. The minimum absolute atomic E-state index is 0.0158. The van der Waals surface area contributed by atoms with Gasteiger partial charge in [-0.05, 0) is 43.0 Å². The molecule has 2 aromatic rings. The maximum absolute atomic E-state index is 12.6. The van der Waals surface area contributed by atoms with E-state index in [1.54, 1.807) is 23.6 Å². The summed E-state index contributed by atoms with van der Waals surface area (Å²) < 4.78 is 12.3. The number of fused-ring (bicyclic) bond motifs is 1. The van der Waals surface area contributed by atoms with Gasteiger partial charge in [-0.2, -0.15) is 0 Å². The van der Waals surface area contributed by atoms with E-state index in [4.69, 9.17) is 9.47 Å². The number of rotatable bonds is 4. The molecule has 0 spiro atoms. The second-order valence-corrected chi connectivity index (χ2v) is 7.28. The molecule has 1 aromatic carbocycles. The first-order valence-corrected chi connectivity index (χ1v) is 9.66. The van der Waals surface area contributed by atoms with Crippen molar-refractivity contribution < 1.29 is 24.2 Å². The van der Waals surface area contributed by atoms with Crippen LogP contribution in [0.15, 0.2) is 30.3 Å². The molecule has 6 nitrogen and oxygen atoms in total. The van der Waals surface area contributed by atoms with Gasteiger partial charge in [0.25, 0.3) is 0 Å². The fourth-order valence-electron chi connectivity index (χ4n) is 4.03. The summed E-state index contributed by atoms with van der Waals surface area (Å²) in [5.41, 5.74) is 3.24. The van der Waals surface area contributed by atoms with Crippen LogP contribution in [-0.4, -0.2) is 41.2 Å². The molecule has 1 fully saturated rings. The summed E-state index contributed by atoms with van der Waals surface area (Å²) >= 11 is 0. The fraction of sp³-hybridized carbons (Fsp3) is 0.304. The van der Waals surface area contributed by atoms with Crippen LogP contribution < -0.4 is 0 Å². The van der Waals surface area contributed by atoms with Crippen LogP contribution in [-0.2, 0) is 20.8 Å². The van der Waals surface area contributed by atoms with Crippen molar-refractivity contribution in [3.05, 3.63) is 58.3 Å². The highest BCUT2D eigenvalue weighted by molar-refractivity contribution is 6.33. The standard InChI is InChI=1S/C23H23NO5/c1-14-21(23(27)28-2)19(22(26)24(14)13-16-7-5-11-29-16)12-18-17-8-4-3-6-15(17)9-10-20(18)25/h3-4,6,8-10,12,16,26H,5,7,11,13H2,1-2H3/t16-/m1/s1. The van der Waals surface area contributed by atoms with E-state index >= 15 is 0 Å². The van der Waals surface area contributed by atoms with E-state index in [2.05, 4.69) is 0 Å². The molecule has 4 rings (SSSR count). The van der Waals surface area contributed by atoms with Gasteiger partial charge >= 0.3 is 5.97 Å². The molecular formula is C23H23NO5. The van der Waals surface area contributed by atoms with E-state index < -0.39 is 5.97 Å². The molecule has 2 heterocycles. The van der Waals surface area contributed by atoms with Crippen LogP contribution >= 0.6 is 0 Å². The predicted molar refractivity (Wildman–Crippen MR) is 110 cm³/mol. The quantitative estimate of drug-likeness (QED) is 0.634. The summed E-state index contributed by atoms with van der Waals surface area (Å²) in [5, 5.41) is 11.0. The first kappa shape index (κ1) is 19.2. The Balaban J connectivity index is 1.86. The summed E-state index contributed by atoms with van der Waals surface area (Å²) in [5.74, 6) is -0.794. The average Bonchev–Trinajstić information content (AvgIpc) is 3.32. The van der Waals surface area contributed by atoms with Crippen LogP contribution in [0, 0.1) is 6.92 Å². The smallest absolute Gasteiger partial charge is 0.340 e. The second kappa shape index (κ2) is 7.72. The predicted octanol–water partition coefficient (Wildman–Crippen LogP) is 3.60. The molecule has 1 aliphatic carbocycles. The Labute approximate surface area is 169 Å². The van der Waals surface area contributed by atoms with Crippen LogP contribution in [0.3, 0.4) is 0 Å². The zero-order chi connectivity index (χ0) is 20.5. The Bertz CT molecular complexity index is 1040. The minimum Gasteiger partial charge on any atom is -0.494 e. The lowest BCUT2D eigenvalue weighted by molar-refractivity contribution is -0.109. The lowest BCUT2D eigenvalue weighted by atomic mass is 9.90. The van der Waals surface area contributed by atoms with Gasteiger partial charge in [-0.25, -0.2) is 4.79 Å². The van der Waals surface area contributed by atoms with E-state index in [9.17, 15) is 14.7 Å². The zero-order valence-corrected chi connectivity index (χ0v) is 16.5. The third kappa shape index (κ3) is 3.40. The number of ketones is 1. The molecule has 0 saturated carbocycles. The van der Waals surface area contributed by atoms with Crippen molar-refractivity contribution >= 4 is 29.5 Å². The van der Waals surface area contributed by atoms with Gasteiger partial charge in [-0.3, -0.25) is 4.79 Å². The number of carbonyl (C=O) groups excluding carboxylic acids is 2.